The van der Waals surface area contributed by atoms with Gasteiger partial charge in [0.1, 0.15) is 0 Å². The molecule has 4 heteroatoms. The smallest absolute Gasteiger partial charge is 0.223 e. The molecule has 0 fully saturated rings. The molecule has 0 aliphatic heterocycles. The molecule has 0 saturated heterocycles. The highest BCUT2D eigenvalue weighted by molar-refractivity contribution is 5.78. The molecule has 86 valence electrons. The average molecular weight is 219 g/mol. The number of allylic oxidation sites excluding steroid dienone is 2. The fourth-order valence-electron chi connectivity index (χ4n) is 1.90. The van der Waals surface area contributed by atoms with E-state index in [1.165, 1.54) is 0 Å². The number of amides is 1. The summed E-state index contributed by atoms with van der Waals surface area (Å²) in [7, 11) is 0. The van der Waals surface area contributed by atoms with Crippen LogP contribution in [0.15, 0.2) is 30.9 Å². The third-order valence-corrected chi connectivity index (χ3v) is 2.87. The molecule has 0 saturated carbocycles. The Balaban J connectivity index is 1.69. The van der Waals surface area contributed by atoms with Gasteiger partial charge in [-0.15, -0.1) is 0 Å². The summed E-state index contributed by atoms with van der Waals surface area (Å²) < 4.78 is 1.96. The van der Waals surface area contributed by atoms with Crippen LogP contribution in [0.3, 0.4) is 0 Å². The summed E-state index contributed by atoms with van der Waals surface area (Å²) in [5, 5.41) is 2.97. The fraction of sp³-hybridized carbons (Fsp3) is 0.500. The summed E-state index contributed by atoms with van der Waals surface area (Å²) >= 11 is 0. The Bertz CT molecular complexity index is 356. The number of hydrogen-bond donors (Lipinski definition) is 1. The minimum Gasteiger partial charge on any atom is -0.354 e. The molecule has 0 aromatic carbocycles. The highest BCUT2D eigenvalue weighted by Gasteiger charge is 2.17. The Labute approximate surface area is 95.4 Å². The van der Waals surface area contributed by atoms with Crippen LogP contribution in [-0.2, 0) is 11.3 Å². The van der Waals surface area contributed by atoms with Crippen molar-refractivity contribution in [2.45, 2.75) is 25.8 Å². The van der Waals surface area contributed by atoms with Crippen molar-refractivity contribution >= 4 is 5.91 Å². The van der Waals surface area contributed by atoms with Gasteiger partial charge in [0.2, 0.25) is 5.91 Å². The monoisotopic (exact) mass is 219 g/mol. The normalized spacial score (nSPS) is 19.6. The van der Waals surface area contributed by atoms with Gasteiger partial charge in [-0.25, -0.2) is 4.98 Å². The first kappa shape index (κ1) is 10.9. The van der Waals surface area contributed by atoms with E-state index < -0.39 is 0 Å². The molecule has 1 aromatic heterocycles. The summed E-state index contributed by atoms with van der Waals surface area (Å²) in [6.07, 6.45) is 12.5. The van der Waals surface area contributed by atoms with Crippen LogP contribution in [0.2, 0.25) is 0 Å². The lowest BCUT2D eigenvalue weighted by Gasteiger charge is -2.17. The molecular formula is C12H17N3O. The number of carbonyl (C=O) groups is 1. The maximum absolute atomic E-state index is 11.8. The summed E-state index contributed by atoms with van der Waals surface area (Å²) in [5.74, 6) is 0.359. The maximum atomic E-state index is 11.8. The third-order valence-electron chi connectivity index (χ3n) is 2.87. The van der Waals surface area contributed by atoms with Crippen LogP contribution in [0.4, 0.5) is 0 Å². The second-order valence-corrected chi connectivity index (χ2v) is 4.07. The van der Waals surface area contributed by atoms with E-state index in [4.69, 9.17) is 0 Å². The minimum absolute atomic E-state index is 0.174. The van der Waals surface area contributed by atoms with E-state index in [9.17, 15) is 4.79 Å². The Morgan fingerprint density at radius 3 is 3.12 bits per heavy atom. The molecule has 0 spiro atoms. The molecule has 1 aliphatic rings. The molecule has 16 heavy (non-hydrogen) atoms. The Kier molecular flexibility index (Phi) is 3.75. The van der Waals surface area contributed by atoms with Crippen LogP contribution in [0.1, 0.15) is 19.3 Å². The highest BCUT2D eigenvalue weighted by Crippen LogP contribution is 2.17. The van der Waals surface area contributed by atoms with Gasteiger partial charge < -0.3 is 9.88 Å². The highest BCUT2D eigenvalue weighted by atomic mass is 16.1. The van der Waals surface area contributed by atoms with Crippen molar-refractivity contribution in [3.8, 4) is 0 Å². The van der Waals surface area contributed by atoms with Crippen molar-refractivity contribution in [1.29, 1.82) is 0 Å². The number of hydrogen-bond acceptors (Lipinski definition) is 2. The first-order valence-electron chi connectivity index (χ1n) is 5.75. The number of rotatable bonds is 4. The molecule has 1 N–H and O–H groups in total. The average Bonchev–Trinajstić information content (AvgIpc) is 2.83. The van der Waals surface area contributed by atoms with E-state index in [1.54, 1.807) is 12.5 Å². The van der Waals surface area contributed by atoms with Crippen LogP contribution < -0.4 is 5.32 Å². The molecule has 1 aromatic rings. The SMILES string of the molecule is O=C(NCCn1ccnc1)[C@@H]1CC=CCC1. The van der Waals surface area contributed by atoms with Crippen molar-refractivity contribution in [3.63, 3.8) is 0 Å². The number of imidazole rings is 1. The molecule has 0 bridgehead atoms. The van der Waals surface area contributed by atoms with Crippen molar-refractivity contribution in [2.75, 3.05) is 6.54 Å². The molecule has 1 aliphatic carbocycles. The second kappa shape index (κ2) is 5.49. The number of aromatic nitrogens is 2. The molecule has 1 atom stereocenters. The summed E-state index contributed by atoms with van der Waals surface area (Å²) in [4.78, 5) is 15.7. The first-order valence-corrected chi connectivity index (χ1v) is 5.75. The number of nitrogens with one attached hydrogen (secondary N) is 1. The molecule has 0 radical (unpaired) electrons. The van der Waals surface area contributed by atoms with E-state index >= 15 is 0 Å². The quantitative estimate of drug-likeness (QED) is 0.777. The Hall–Kier alpha value is -1.58. The van der Waals surface area contributed by atoms with Gasteiger partial charge in [-0.1, -0.05) is 12.2 Å². The van der Waals surface area contributed by atoms with Gasteiger partial charge in [-0.2, -0.15) is 0 Å². The summed E-state index contributed by atoms with van der Waals surface area (Å²) in [5.41, 5.74) is 0. The number of nitrogens with zero attached hydrogens (tertiary/aromatic N) is 2. The molecule has 0 unspecified atom stereocenters. The van der Waals surface area contributed by atoms with Crippen molar-refractivity contribution in [2.24, 2.45) is 5.92 Å². The van der Waals surface area contributed by atoms with Crippen molar-refractivity contribution in [1.82, 2.24) is 14.9 Å². The zero-order valence-corrected chi connectivity index (χ0v) is 9.30. The van der Waals surface area contributed by atoms with Gasteiger partial charge in [0, 0.05) is 31.4 Å². The van der Waals surface area contributed by atoms with Gasteiger partial charge in [-0.3, -0.25) is 4.79 Å². The zero-order valence-electron chi connectivity index (χ0n) is 9.30. The van der Waals surface area contributed by atoms with Crippen LogP contribution in [0.25, 0.3) is 0 Å². The molecule has 1 amide bonds. The molecular weight excluding hydrogens is 202 g/mol. The van der Waals surface area contributed by atoms with E-state index in [1.807, 2.05) is 10.8 Å². The van der Waals surface area contributed by atoms with Gasteiger partial charge >= 0.3 is 0 Å². The summed E-state index contributed by atoms with van der Waals surface area (Å²) in [6.45, 7) is 1.46. The fourth-order valence-corrected chi connectivity index (χ4v) is 1.90. The standard InChI is InChI=1S/C12H17N3O/c16-12(11-4-2-1-3-5-11)14-7-9-15-8-6-13-10-15/h1-2,6,8,10-11H,3-5,7,9H2,(H,14,16)/t11-/m1/s1. The van der Waals surface area contributed by atoms with Gasteiger partial charge in [0.05, 0.1) is 6.33 Å². The van der Waals surface area contributed by atoms with Crippen molar-refractivity contribution in [3.05, 3.63) is 30.9 Å². The number of carbonyl (C=O) groups excluding carboxylic acids is 1. The lowest BCUT2D eigenvalue weighted by molar-refractivity contribution is -0.125. The summed E-state index contributed by atoms with van der Waals surface area (Å²) in [6, 6.07) is 0. The largest absolute Gasteiger partial charge is 0.354 e. The van der Waals surface area contributed by atoms with Gasteiger partial charge in [-0.05, 0) is 19.3 Å². The van der Waals surface area contributed by atoms with E-state index in [0.29, 0.717) is 6.54 Å². The van der Waals surface area contributed by atoms with Crippen LogP contribution in [0.5, 0.6) is 0 Å². The van der Waals surface area contributed by atoms with Gasteiger partial charge in [0.25, 0.3) is 0 Å². The van der Waals surface area contributed by atoms with Crippen molar-refractivity contribution < 1.29 is 4.79 Å². The van der Waals surface area contributed by atoms with Gasteiger partial charge in [0.15, 0.2) is 0 Å². The third kappa shape index (κ3) is 2.95. The van der Waals surface area contributed by atoms with Crippen LogP contribution >= 0.6 is 0 Å². The Morgan fingerprint density at radius 1 is 1.50 bits per heavy atom. The van der Waals surface area contributed by atoms with Crippen LogP contribution in [0, 0.1) is 5.92 Å². The Morgan fingerprint density at radius 2 is 2.44 bits per heavy atom. The predicted octanol–water partition coefficient (Wildman–Crippen LogP) is 1.36. The molecule has 4 nitrogen and oxygen atoms in total. The molecule has 2 rings (SSSR count). The maximum Gasteiger partial charge on any atom is 0.223 e. The first-order chi connectivity index (χ1) is 7.86. The lowest BCUT2D eigenvalue weighted by Crippen LogP contribution is -2.33. The zero-order chi connectivity index (χ0) is 11.2. The van der Waals surface area contributed by atoms with E-state index in [0.717, 1.165) is 25.8 Å². The van der Waals surface area contributed by atoms with E-state index in [2.05, 4.69) is 22.5 Å². The second-order valence-electron chi connectivity index (χ2n) is 4.07. The minimum atomic E-state index is 0.174. The van der Waals surface area contributed by atoms with E-state index in [-0.39, 0.29) is 11.8 Å². The van der Waals surface area contributed by atoms with Crippen LogP contribution in [-0.4, -0.2) is 22.0 Å². The molecule has 1 heterocycles. The predicted molar refractivity (Wildman–Crippen MR) is 61.7 cm³/mol. The topological polar surface area (TPSA) is 46.9 Å². The lowest BCUT2D eigenvalue weighted by atomic mass is 9.94.